The smallest absolute Gasteiger partial charge is 0.226 e. The second kappa shape index (κ2) is 8.39. The van der Waals surface area contributed by atoms with Crippen molar-refractivity contribution < 1.29 is 4.79 Å². The van der Waals surface area contributed by atoms with E-state index in [1.165, 1.54) is 70.6 Å². The first-order valence-electron chi connectivity index (χ1n) is 12.8. The lowest BCUT2D eigenvalue weighted by Gasteiger charge is -2.58. The Balaban J connectivity index is 1.53. The highest BCUT2D eigenvalue weighted by Crippen LogP contribution is 2.63. The van der Waals surface area contributed by atoms with E-state index < -0.39 is 0 Å². The van der Waals surface area contributed by atoms with Gasteiger partial charge in [-0.15, -0.1) is 0 Å². The summed E-state index contributed by atoms with van der Waals surface area (Å²) >= 11 is 0. The van der Waals surface area contributed by atoms with Gasteiger partial charge in [0.1, 0.15) is 0 Å². The van der Waals surface area contributed by atoms with Crippen LogP contribution in [0.4, 0.5) is 0 Å². The number of hydrogen-bond acceptors (Lipinski definition) is 1. The minimum absolute atomic E-state index is 0.184. The Morgan fingerprint density at radius 1 is 1.00 bits per heavy atom. The second-order valence-electron chi connectivity index (χ2n) is 11.8. The van der Waals surface area contributed by atoms with E-state index in [9.17, 15) is 4.79 Å². The first-order valence-corrected chi connectivity index (χ1v) is 12.8. The van der Waals surface area contributed by atoms with Crippen LogP contribution in [0.15, 0.2) is 11.6 Å². The van der Waals surface area contributed by atoms with Gasteiger partial charge in [-0.25, -0.2) is 0 Å². The van der Waals surface area contributed by atoms with Crippen LogP contribution in [-0.2, 0) is 4.79 Å². The number of hydrogen-bond donors (Lipinski definition) is 1. The fourth-order valence-electron chi connectivity index (χ4n) is 7.84. The zero-order valence-corrected chi connectivity index (χ0v) is 19.6. The molecule has 29 heavy (non-hydrogen) atoms. The molecule has 3 saturated carbocycles. The number of carbonyl (C=O) groups is 1. The molecule has 0 aliphatic heterocycles. The number of amides is 1. The monoisotopic (exact) mass is 399 g/mol. The molecule has 4 rings (SSSR count). The average molecular weight is 400 g/mol. The summed E-state index contributed by atoms with van der Waals surface area (Å²) in [5.74, 6) is 3.28. The van der Waals surface area contributed by atoms with E-state index in [1.54, 1.807) is 5.57 Å². The Bertz CT molecular complexity index is 628. The zero-order valence-electron chi connectivity index (χ0n) is 19.6. The third-order valence-electron chi connectivity index (χ3n) is 9.81. The van der Waals surface area contributed by atoms with Crippen LogP contribution in [0.25, 0.3) is 0 Å². The van der Waals surface area contributed by atoms with Gasteiger partial charge in [-0.1, -0.05) is 71.4 Å². The van der Waals surface area contributed by atoms with Gasteiger partial charge >= 0.3 is 0 Å². The highest BCUT2D eigenvalue weighted by molar-refractivity contribution is 5.83. The predicted octanol–water partition coefficient (Wildman–Crippen LogP) is 7.04. The highest BCUT2D eigenvalue weighted by atomic mass is 16.2. The summed E-state index contributed by atoms with van der Waals surface area (Å²) in [5.41, 5.74) is 1.89. The van der Waals surface area contributed by atoms with Gasteiger partial charge in [-0.05, 0) is 80.5 Å². The predicted molar refractivity (Wildman–Crippen MR) is 122 cm³/mol. The van der Waals surface area contributed by atoms with Crippen LogP contribution in [0.3, 0.4) is 0 Å². The molecule has 1 N–H and O–H groups in total. The number of fused-ring (bicyclic) bond motifs is 3. The molecular formula is C27H45NO. The molecule has 0 radical (unpaired) electrons. The van der Waals surface area contributed by atoms with Crippen LogP contribution in [0.5, 0.6) is 0 Å². The summed E-state index contributed by atoms with van der Waals surface area (Å²) < 4.78 is 0. The van der Waals surface area contributed by atoms with Crippen molar-refractivity contribution in [3.8, 4) is 0 Å². The van der Waals surface area contributed by atoms with Crippen molar-refractivity contribution in [2.24, 2.45) is 34.5 Å². The van der Waals surface area contributed by atoms with Gasteiger partial charge in [0.25, 0.3) is 0 Å². The van der Waals surface area contributed by atoms with Gasteiger partial charge < -0.3 is 5.32 Å². The van der Waals surface area contributed by atoms with Crippen LogP contribution in [-0.4, -0.2) is 11.9 Å². The first kappa shape index (κ1) is 21.4. The standard InChI is InChI=1S/C27H45NO/c1-19(2)20-12-14-23-21(18-20)13-15-24-26(23,3)16-9-17-27(24,4)25(29)28-22-10-7-5-6-8-11-22/h13,19-20,22-24H,5-12,14-18H2,1-4H3,(H,28,29)/t20?,23-,24?,26-,27+/m1/s1. The van der Waals surface area contributed by atoms with Crippen molar-refractivity contribution in [3.63, 3.8) is 0 Å². The van der Waals surface area contributed by atoms with Crippen molar-refractivity contribution in [1.82, 2.24) is 5.32 Å². The Morgan fingerprint density at radius 3 is 2.41 bits per heavy atom. The lowest BCUT2D eigenvalue weighted by Crippen LogP contribution is -2.57. The van der Waals surface area contributed by atoms with Crippen LogP contribution < -0.4 is 5.32 Å². The topological polar surface area (TPSA) is 29.1 Å². The molecule has 1 amide bonds. The van der Waals surface area contributed by atoms with E-state index in [4.69, 9.17) is 0 Å². The maximum absolute atomic E-state index is 13.7. The SMILES string of the molecule is CC(C)C1CC[C@@H]2C(=CCC3[C@]2(C)CCC[C@]3(C)C(=O)NC2CCCCCC2)C1. The lowest BCUT2D eigenvalue weighted by atomic mass is 9.46. The molecule has 5 atom stereocenters. The van der Waals surface area contributed by atoms with Crippen molar-refractivity contribution in [1.29, 1.82) is 0 Å². The summed E-state index contributed by atoms with van der Waals surface area (Å²) in [5, 5.41) is 3.55. The van der Waals surface area contributed by atoms with Gasteiger partial charge in [-0.2, -0.15) is 0 Å². The maximum Gasteiger partial charge on any atom is 0.226 e. The summed E-state index contributed by atoms with van der Waals surface area (Å²) in [7, 11) is 0. The maximum atomic E-state index is 13.7. The van der Waals surface area contributed by atoms with E-state index in [0.29, 0.717) is 23.3 Å². The van der Waals surface area contributed by atoms with E-state index in [-0.39, 0.29) is 5.41 Å². The summed E-state index contributed by atoms with van der Waals surface area (Å²) in [6.45, 7) is 9.67. The molecule has 0 heterocycles. The number of allylic oxidation sites excluding steroid dienone is 2. The Morgan fingerprint density at radius 2 is 1.72 bits per heavy atom. The zero-order chi connectivity index (χ0) is 20.6. The van der Waals surface area contributed by atoms with E-state index in [1.807, 2.05) is 0 Å². The molecule has 0 saturated heterocycles. The first-order chi connectivity index (χ1) is 13.8. The van der Waals surface area contributed by atoms with Crippen LogP contribution >= 0.6 is 0 Å². The van der Waals surface area contributed by atoms with Crippen LogP contribution in [0.1, 0.15) is 111 Å². The van der Waals surface area contributed by atoms with Gasteiger partial charge in [-0.3, -0.25) is 4.79 Å². The summed E-state index contributed by atoms with van der Waals surface area (Å²) in [6, 6.07) is 0.422. The normalized spacial score (nSPS) is 41.1. The third-order valence-corrected chi connectivity index (χ3v) is 9.81. The number of nitrogens with one attached hydrogen (secondary N) is 1. The quantitative estimate of drug-likeness (QED) is 0.400. The Labute approximate surface area is 179 Å². The van der Waals surface area contributed by atoms with Gasteiger partial charge in [0.05, 0.1) is 5.41 Å². The average Bonchev–Trinajstić information content (AvgIpc) is 2.96. The van der Waals surface area contributed by atoms with Crippen LogP contribution in [0.2, 0.25) is 0 Å². The molecule has 0 aromatic heterocycles. The minimum atomic E-state index is -0.184. The molecule has 2 nitrogen and oxygen atoms in total. The molecule has 4 aliphatic rings. The highest BCUT2D eigenvalue weighted by Gasteiger charge is 2.57. The summed E-state index contributed by atoms with van der Waals surface area (Å²) in [4.78, 5) is 13.7. The molecule has 0 aromatic rings. The van der Waals surface area contributed by atoms with E-state index >= 15 is 0 Å². The van der Waals surface area contributed by atoms with Crippen molar-refractivity contribution >= 4 is 5.91 Å². The molecule has 3 fully saturated rings. The fraction of sp³-hybridized carbons (Fsp3) is 0.889. The van der Waals surface area contributed by atoms with E-state index in [2.05, 4.69) is 39.1 Å². The fourth-order valence-corrected chi connectivity index (χ4v) is 7.84. The molecule has 2 unspecified atom stereocenters. The van der Waals surface area contributed by atoms with E-state index in [0.717, 1.165) is 30.6 Å². The van der Waals surface area contributed by atoms with Gasteiger partial charge in [0.2, 0.25) is 5.91 Å². The number of rotatable bonds is 3. The molecule has 164 valence electrons. The van der Waals surface area contributed by atoms with Gasteiger partial charge in [0, 0.05) is 6.04 Å². The van der Waals surface area contributed by atoms with Crippen molar-refractivity contribution in [2.75, 3.05) is 0 Å². The Kier molecular flexibility index (Phi) is 6.20. The van der Waals surface area contributed by atoms with Crippen molar-refractivity contribution in [3.05, 3.63) is 11.6 Å². The molecule has 4 aliphatic carbocycles. The van der Waals surface area contributed by atoms with Crippen molar-refractivity contribution in [2.45, 2.75) is 117 Å². The lowest BCUT2D eigenvalue weighted by molar-refractivity contribution is -0.145. The molecule has 2 heteroatoms. The number of carbonyl (C=O) groups excluding carboxylic acids is 1. The summed E-state index contributed by atoms with van der Waals surface area (Å²) in [6.07, 6.45) is 19.0. The second-order valence-corrected chi connectivity index (χ2v) is 11.8. The minimum Gasteiger partial charge on any atom is -0.353 e. The molecule has 0 bridgehead atoms. The third kappa shape index (κ3) is 3.94. The molecular weight excluding hydrogens is 354 g/mol. The Hall–Kier alpha value is -0.790. The van der Waals surface area contributed by atoms with Crippen LogP contribution in [0, 0.1) is 34.5 Å². The largest absolute Gasteiger partial charge is 0.353 e. The van der Waals surface area contributed by atoms with Gasteiger partial charge in [0.15, 0.2) is 0 Å². The molecule has 0 spiro atoms. The molecule has 0 aromatic carbocycles.